The normalized spacial score (nSPS) is 19.4. The summed E-state index contributed by atoms with van der Waals surface area (Å²) in [6.07, 6.45) is 6.30. The van der Waals surface area contributed by atoms with Crippen LogP contribution in [0.2, 0.25) is 0 Å². The van der Waals surface area contributed by atoms with E-state index in [0.29, 0.717) is 5.57 Å². The van der Waals surface area contributed by atoms with Crippen molar-refractivity contribution in [2.75, 3.05) is 18.6 Å². The molecule has 2 aromatic rings. The Balaban J connectivity index is 1.49. The quantitative estimate of drug-likeness (QED) is 0.138. The number of rotatable bonds is 9. The molecule has 2 atom stereocenters. The van der Waals surface area contributed by atoms with E-state index in [4.69, 9.17) is 10.8 Å². The van der Waals surface area contributed by atoms with E-state index in [1.165, 1.54) is 31.1 Å². The van der Waals surface area contributed by atoms with Gasteiger partial charge in [0.15, 0.2) is 24.1 Å². The summed E-state index contributed by atoms with van der Waals surface area (Å²) < 4.78 is 5.53. The van der Waals surface area contributed by atoms with E-state index in [1.54, 1.807) is 29.0 Å². The van der Waals surface area contributed by atoms with Gasteiger partial charge in [-0.2, -0.15) is 9.36 Å². The largest absolute Gasteiger partial charge is 0.543 e. The second-order valence-corrected chi connectivity index (χ2v) is 9.49. The number of aliphatic carboxylic acids is 1. The highest BCUT2D eigenvalue weighted by atomic mass is 32.2. The van der Waals surface area contributed by atoms with Crippen molar-refractivity contribution in [1.29, 1.82) is 0 Å². The van der Waals surface area contributed by atoms with E-state index in [2.05, 4.69) is 24.7 Å². The number of aromatic nitrogens is 3. The number of aromatic carboxylic acids is 1. The molecule has 0 aromatic carbocycles. The van der Waals surface area contributed by atoms with Gasteiger partial charge in [0.2, 0.25) is 11.5 Å². The minimum Gasteiger partial charge on any atom is -0.543 e. The molecule has 14 nitrogen and oxygen atoms in total. The average molecular weight is 546 g/mol. The van der Waals surface area contributed by atoms with E-state index < -0.39 is 35.2 Å². The van der Waals surface area contributed by atoms with Crippen LogP contribution in [0.15, 0.2) is 53.1 Å². The van der Waals surface area contributed by atoms with E-state index in [1.807, 2.05) is 0 Å². The van der Waals surface area contributed by atoms with Crippen LogP contribution in [0.25, 0.3) is 0 Å². The molecular weight excluding hydrogens is 526 g/mol. The van der Waals surface area contributed by atoms with Crippen molar-refractivity contribution in [3.63, 3.8) is 0 Å². The number of anilines is 1. The second kappa shape index (κ2) is 10.8. The molecule has 4 rings (SSSR count). The molecule has 0 spiro atoms. The third kappa shape index (κ3) is 5.29. The number of carbonyl (C=O) groups is 4. The van der Waals surface area contributed by atoms with Gasteiger partial charge in [-0.15, -0.1) is 11.8 Å². The van der Waals surface area contributed by atoms with Crippen LogP contribution in [0.4, 0.5) is 5.13 Å². The van der Waals surface area contributed by atoms with Gasteiger partial charge in [0.1, 0.15) is 24.1 Å². The molecule has 2 aromatic heterocycles. The topological polar surface area (TPSA) is 204 Å². The Hall–Kier alpha value is -4.31. The molecule has 2 amide bonds. The van der Waals surface area contributed by atoms with Crippen LogP contribution in [0, 0.1) is 0 Å². The number of carboxylic acids is 2. The molecule has 0 unspecified atom stereocenters. The summed E-state index contributed by atoms with van der Waals surface area (Å²) in [5.74, 6) is -3.88. The number of β-lactam (4-membered cyclic amide) rings is 1. The van der Waals surface area contributed by atoms with Gasteiger partial charge in [0.25, 0.3) is 11.8 Å². The molecule has 0 bridgehead atoms. The fraction of sp³-hybridized carbons (Fsp3) is 0.238. The Morgan fingerprint density at radius 2 is 2.24 bits per heavy atom. The molecule has 4 heterocycles. The lowest BCUT2D eigenvalue weighted by Gasteiger charge is -2.50. The predicted molar refractivity (Wildman–Crippen MR) is 128 cm³/mol. The second-order valence-electron chi connectivity index (χ2n) is 7.60. The number of carbonyl (C=O) groups excluding carboxylic acids is 3. The molecular formula is C21H19N7O7S2. The molecule has 0 saturated carbocycles. The zero-order valence-corrected chi connectivity index (χ0v) is 20.7. The molecule has 1 fully saturated rings. The molecule has 2 aliphatic rings. The average Bonchev–Trinajstić information content (AvgIpc) is 3.30. The molecule has 0 radical (unpaired) electrons. The summed E-state index contributed by atoms with van der Waals surface area (Å²) in [6, 6.07) is 2.01. The summed E-state index contributed by atoms with van der Waals surface area (Å²) in [5.41, 5.74) is 5.43. The fourth-order valence-electron chi connectivity index (χ4n) is 3.65. The number of hydrogen-bond acceptors (Lipinski definition) is 12. The van der Waals surface area contributed by atoms with Crippen molar-refractivity contribution in [3.8, 4) is 0 Å². The number of nitrogens with zero attached hydrogens (tertiary/aromatic N) is 5. The van der Waals surface area contributed by atoms with Gasteiger partial charge in [0, 0.05) is 23.4 Å². The number of allylic oxidation sites excluding steroid dienone is 2. The maximum Gasteiger partial charge on any atom is 0.341 e. The van der Waals surface area contributed by atoms with Gasteiger partial charge < -0.3 is 30.9 Å². The first kappa shape index (κ1) is 25.8. The SMILES string of the molecule is CO/N=C(\C(=O)N[C@@H]1C(=O)N2C(C(=O)[O-])=C(/C=C/C[n+]3cccc(C(=O)O)c3)CS[C@@H]12)c1nsc(N)n1. The van der Waals surface area contributed by atoms with Gasteiger partial charge in [-0.25, -0.2) is 9.36 Å². The van der Waals surface area contributed by atoms with Gasteiger partial charge >= 0.3 is 5.97 Å². The fourth-order valence-corrected chi connectivity index (χ4v) is 5.41. The Morgan fingerprint density at radius 3 is 2.89 bits per heavy atom. The van der Waals surface area contributed by atoms with Crippen LogP contribution >= 0.6 is 23.3 Å². The van der Waals surface area contributed by atoms with Gasteiger partial charge in [-0.3, -0.25) is 14.5 Å². The van der Waals surface area contributed by atoms with E-state index in [0.717, 1.165) is 16.4 Å². The molecule has 2 aliphatic heterocycles. The first-order valence-electron chi connectivity index (χ1n) is 10.5. The maximum atomic E-state index is 12.9. The van der Waals surface area contributed by atoms with Crippen molar-refractivity contribution in [1.82, 2.24) is 19.6 Å². The van der Waals surface area contributed by atoms with Crippen molar-refractivity contribution in [3.05, 3.63) is 59.3 Å². The monoisotopic (exact) mass is 545 g/mol. The van der Waals surface area contributed by atoms with Gasteiger partial charge in [-0.1, -0.05) is 11.2 Å². The Kier molecular flexibility index (Phi) is 7.49. The van der Waals surface area contributed by atoms with Crippen molar-refractivity contribution >= 4 is 57.9 Å². The van der Waals surface area contributed by atoms with Gasteiger partial charge in [0.05, 0.1) is 11.7 Å². The Morgan fingerprint density at radius 1 is 1.46 bits per heavy atom. The number of amides is 2. The lowest BCUT2D eigenvalue weighted by Crippen LogP contribution is -2.71. The van der Waals surface area contributed by atoms with E-state index in [-0.39, 0.29) is 40.2 Å². The predicted octanol–water partition coefficient (Wildman–Crippen LogP) is -1.88. The van der Waals surface area contributed by atoms with Crippen molar-refractivity contribution in [2.24, 2.45) is 5.16 Å². The lowest BCUT2D eigenvalue weighted by atomic mass is 10.0. The number of nitrogens with two attached hydrogens (primary N) is 1. The van der Waals surface area contributed by atoms with E-state index >= 15 is 0 Å². The zero-order chi connectivity index (χ0) is 26.7. The number of fused-ring (bicyclic) bond motifs is 1. The van der Waals surface area contributed by atoms with Crippen LogP contribution in [0.5, 0.6) is 0 Å². The first-order valence-corrected chi connectivity index (χ1v) is 12.3. The van der Waals surface area contributed by atoms with Crippen LogP contribution < -0.4 is 20.7 Å². The molecule has 16 heteroatoms. The van der Waals surface area contributed by atoms with Crippen LogP contribution in [-0.2, 0) is 25.8 Å². The molecule has 37 heavy (non-hydrogen) atoms. The number of pyridine rings is 1. The molecule has 1 saturated heterocycles. The molecule has 192 valence electrons. The van der Waals surface area contributed by atoms with E-state index in [9.17, 15) is 24.3 Å². The number of thioether (sulfide) groups is 1. The third-order valence-corrected chi connectivity index (χ3v) is 7.11. The van der Waals surface area contributed by atoms with Crippen LogP contribution in [-0.4, -0.2) is 73.1 Å². The van der Waals surface area contributed by atoms with Crippen LogP contribution in [0.1, 0.15) is 16.2 Å². The van der Waals surface area contributed by atoms with Crippen molar-refractivity contribution in [2.45, 2.75) is 18.0 Å². The number of hydrogen-bond donors (Lipinski definition) is 3. The Labute approximate surface area is 217 Å². The number of nitrogen functional groups attached to an aromatic ring is 1. The number of oxime groups is 1. The van der Waals surface area contributed by atoms with Crippen LogP contribution in [0.3, 0.4) is 0 Å². The van der Waals surface area contributed by atoms with Gasteiger partial charge in [-0.05, 0) is 17.7 Å². The highest BCUT2D eigenvalue weighted by molar-refractivity contribution is 8.00. The molecule has 4 N–H and O–H groups in total. The Bertz CT molecular complexity index is 1370. The summed E-state index contributed by atoms with van der Waals surface area (Å²) in [4.78, 5) is 58.4. The van der Waals surface area contributed by atoms with Crippen molar-refractivity contribution < 1.29 is 38.8 Å². The highest BCUT2D eigenvalue weighted by Crippen LogP contribution is 2.40. The summed E-state index contributed by atoms with van der Waals surface area (Å²) >= 11 is 2.11. The number of carboxylic acid groups (broad SMARTS) is 2. The highest BCUT2D eigenvalue weighted by Gasteiger charge is 2.53. The minimum atomic E-state index is -1.53. The number of nitrogens with one attached hydrogen (secondary N) is 1. The standard InChI is InChI=1S/C21H19N7O7S2/c1-35-25-12(15-24-21(22)37-26-15)16(29)23-13-17(30)28-14(20(33)34)11(9-36-18(13)28)5-3-7-27-6-2-4-10(8-27)19(31)32/h2-6,8,13,18H,7,9H2,1H3,(H4-,22,23,24,26,29,31,32,33,34)/b5-3+,25-12-/t13-,18+/m1/s1. The lowest BCUT2D eigenvalue weighted by molar-refractivity contribution is -0.687. The summed E-state index contributed by atoms with van der Waals surface area (Å²) in [6.45, 7) is 0.266. The summed E-state index contributed by atoms with van der Waals surface area (Å²) in [5, 5.41) is 26.6. The minimum absolute atomic E-state index is 0.0729. The first-order chi connectivity index (χ1) is 17.7. The smallest absolute Gasteiger partial charge is 0.341 e. The summed E-state index contributed by atoms with van der Waals surface area (Å²) in [7, 11) is 1.23. The third-order valence-electron chi connectivity index (χ3n) is 5.27. The maximum absolute atomic E-state index is 12.9. The molecule has 0 aliphatic carbocycles. The zero-order valence-electron chi connectivity index (χ0n) is 19.1.